The van der Waals surface area contributed by atoms with Crippen LogP contribution in [0.2, 0.25) is 0 Å². The summed E-state index contributed by atoms with van der Waals surface area (Å²) >= 11 is 0. The Balaban J connectivity index is 2.11. The summed E-state index contributed by atoms with van der Waals surface area (Å²) in [7, 11) is -3.11. The number of hydrogen-bond donors (Lipinski definition) is 1. The van der Waals surface area contributed by atoms with Gasteiger partial charge in [-0.15, -0.1) is 0 Å². The van der Waals surface area contributed by atoms with Gasteiger partial charge in [-0.2, -0.15) is 0 Å². The molecule has 0 saturated carbocycles. The lowest BCUT2D eigenvalue weighted by molar-refractivity contribution is 0.602. The smallest absolute Gasteiger partial charge is 0.175 e. The van der Waals surface area contributed by atoms with Crippen molar-refractivity contribution in [3.8, 4) is 0 Å². The predicted octanol–water partition coefficient (Wildman–Crippen LogP) is 2.08. The van der Waals surface area contributed by atoms with Crippen molar-refractivity contribution in [1.82, 2.24) is 0 Å². The number of hydrogen-bond acceptors (Lipinski definition) is 4. The van der Waals surface area contributed by atoms with Gasteiger partial charge in [0, 0.05) is 24.9 Å². The molecule has 0 unspecified atom stereocenters. The van der Waals surface area contributed by atoms with E-state index < -0.39 is 9.84 Å². The highest BCUT2D eigenvalue weighted by molar-refractivity contribution is 7.90. The van der Waals surface area contributed by atoms with E-state index in [1.807, 2.05) is 0 Å². The molecule has 0 saturated heterocycles. The largest absolute Gasteiger partial charge is 0.344 e. The molecule has 0 radical (unpaired) electrons. The van der Waals surface area contributed by atoms with Gasteiger partial charge >= 0.3 is 0 Å². The summed E-state index contributed by atoms with van der Waals surface area (Å²) in [5, 5.41) is 3.21. The van der Waals surface area contributed by atoms with Gasteiger partial charge in [0.2, 0.25) is 0 Å². The Morgan fingerprint density at radius 2 is 1.88 bits per heavy atom. The van der Waals surface area contributed by atoms with Crippen molar-refractivity contribution in [3.63, 3.8) is 0 Å². The zero-order chi connectivity index (χ0) is 12.3. The second-order valence-corrected chi connectivity index (χ2v) is 6.22. The van der Waals surface area contributed by atoms with Crippen LogP contribution >= 0.6 is 0 Å². The van der Waals surface area contributed by atoms with Crippen LogP contribution in [0.4, 0.5) is 5.69 Å². The van der Waals surface area contributed by atoms with E-state index in [0.29, 0.717) is 4.90 Å². The van der Waals surface area contributed by atoms with Crippen LogP contribution < -0.4 is 5.32 Å². The Kier molecular flexibility index (Phi) is 3.47. The van der Waals surface area contributed by atoms with Crippen LogP contribution in [0.3, 0.4) is 0 Å². The quantitative estimate of drug-likeness (QED) is 0.876. The SMILES string of the molecule is CS(=O)(=O)c1ccc(NC2=NCCCC2)cc1. The van der Waals surface area contributed by atoms with E-state index in [9.17, 15) is 8.42 Å². The number of nitrogens with zero attached hydrogens (tertiary/aromatic N) is 1. The van der Waals surface area contributed by atoms with Crippen LogP contribution in [0.15, 0.2) is 34.2 Å². The molecule has 92 valence electrons. The van der Waals surface area contributed by atoms with Gasteiger partial charge in [-0.3, -0.25) is 4.99 Å². The first kappa shape index (κ1) is 12.1. The number of sulfone groups is 1. The van der Waals surface area contributed by atoms with Crippen LogP contribution in [0.25, 0.3) is 0 Å². The van der Waals surface area contributed by atoms with Gasteiger partial charge in [0.15, 0.2) is 9.84 Å². The number of nitrogens with one attached hydrogen (secondary N) is 1. The van der Waals surface area contributed by atoms with E-state index >= 15 is 0 Å². The van der Waals surface area contributed by atoms with E-state index in [-0.39, 0.29) is 0 Å². The first-order chi connectivity index (χ1) is 8.05. The molecule has 1 aliphatic rings. The molecule has 0 aliphatic carbocycles. The van der Waals surface area contributed by atoms with Crippen molar-refractivity contribution >= 4 is 21.4 Å². The maximum atomic E-state index is 11.3. The van der Waals surface area contributed by atoms with E-state index in [4.69, 9.17) is 0 Å². The molecular weight excluding hydrogens is 236 g/mol. The zero-order valence-electron chi connectivity index (χ0n) is 9.81. The third kappa shape index (κ3) is 3.30. The van der Waals surface area contributed by atoms with E-state index in [2.05, 4.69) is 10.3 Å². The Morgan fingerprint density at radius 1 is 1.18 bits per heavy atom. The molecule has 0 fully saturated rings. The van der Waals surface area contributed by atoms with Crippen molar-refractivity contribution in [1.29, 1.82) is 0 Å². The third-order valence-electron chi connectivity index (χ3n) is 2.70. The normalized spacial score (nSPS) is 16.4. The van der Waals surface area contributed by atoms with Crippen molar-refractivity contribution in [2.24, 2.45) is 4.99 Å². The van der Waals surface area contributed by atoms with Crippen LogP contribution in [0.1, 0.15) is 19.3 Å². The highest BCUT2D eigenvalue weighted by Crippen LogP contribution is 2.15. The summed E-state index contributed by atoms with van der Waals surface area (Å²) in [5.41, 5.74) is 0.887. The maximum Gasteiger partial charge on any atom is 0.175 e. The molecule has 17 heavy (non-hydrogen) atoms. The van der Waals surface area contributed by atoms with Crippen LogP contribution in [-0.4, -0.2) is 27.1 Å². The molecule has 1 aliphatic heterocycles. The van der Waals surface area contributed by atoms with Gasteiger partial charge < -0.3 is 5.32 Å². The topological polar surface area (TPSA) is 58.5 Å². The lowest BCUT2D eigenvalue weighted by Crippen LogP contribution is -2.16. The van der Waals surface area contributed by atoms with Crippen LogP contribution in [0, 0.1) is 0 Å². The van der Waals surface area contributed by atoms with Crippen LogP contribution in [0.5, 0.6) is 0 Å². The average Bonchev–Trinajstić information content (AvgIpc) is 2.30. The molecule has 1 N–H and O–H groups in total. The summed E-state index contributed by atoms with van der Waals surface area (Å²) in [4.78, 5) is 4.72. The van der Waals surface area contributed by atoms with Gasteiger partial charge in [0.1, 0.15) is 5.84 Å². The number of anilines is 1. The summed E-state index contributed by atoms with van der Waals surface area (Å²) in [5.74, 6) is 0.989. The lowest BCUT2D eigenvalue weighted by Gasteiger charge is -2.14. The maximum absolute atomic E-state index is 11.3. The standard InChI is InChI=1S/C12H16N2O2S/c1-17(15,16)11-7-5-10(6-8-11)14-12-4-2-3-9-13-12/h5-8H,2-4,9H2,1H3,(H,13,14). The van der Waals surface area contributed by atoms with Crippen molar-refractivity contribution in [2.75, 3.05) is 18.1 Å². The lowest BCUT2D eigenvalue weighted by atomic mass is 10.2. The molecular formula is C12H16N2O2S. The van der Waals surface area contributed by atoms with Crippen molar-refractivity contribution < 1.29 is 8.42 Å². The van der Waals surface area contributed by atoms with Gasteiger partial charge in [0.05, 0.1) is 4.90 Å². The monoisotopic (exact) mass is 252 g/mol. The summed E-state index contributed by atoms with van der Waals surface area (Å²) in [6, 6.07) is 6.77. The fourth-order valence-corrected chi connectivity index (χ4v) is 2.38. The van der Waals surface area contributed by atoms with E-state index in [1.165, 1.54) is 6.26 Å². The minimum Gasteiger partial charge on any atom is -0.344 e. The van der Waals surface area contributed by atoms with Crippen molar-refractivity contribution in [3.05, 3.63) is 24.3 Å². The number of aliphatic imine (C=N–C) groups is 1. The molecule has 0 aromatic heterocycles. The molecule has 0 atom stereocenters. The molecule has 2 rings (SSSR count). The molecule has 0 spiro atoms. The van der Waals surface area contributed by atoms with Crippen molar-refractivity contribution in [2.45, 2.75) is 24.2 Å². The minimum absolute atomic E-state index is 0.341. The minimum atomic E-state index is -3.11. The van der Waals surface area contributed by atoms with Gasteiger partial charge in [-0.05, 0) is 37.1 Å². The van der Waals surface area contributed by atoms with Gasteiger partial charge in [0.25, 0.3) is 0 Å². The van der Waals surface area contributed by atoms with Gasteiger partial charge in [-0.25, -0.2) is 8.42 Å². The number of amidine groups is 1. The third-order valence-corrected chi connectivity index (χ3v) is 3.82. The first-order valence-electron chi connectivity index (χ1n) is 5.66. The Morgan fingerprint density at radius 3 is 2.41 bits per heavy atom. The first-order valence-corrected chi connectivity index (χ1v) is 7.55. The summed E-state index contributed by atoms with van der Waals surface area (Å²) < 4.78 is 22.6. The van der Waals surface area contributed by atoms with E-state index in [1.54, 1.807) is 24.3 Å². The molecule has 0 bridgehead atoms. The predicted molar refractivity (Wildman–Crippen MR) is 69.3 cm³/mol. The Labute approximate surface area is 102 Å². The molecule has 1 aromatic rings. The summed E-state index contributed by atoms with van der Waals surface area (Å²) in [6.45, 7) is 0.879. The Bertz CT molecular complexity index is 518. The second-order valence-electron chi connectivity index (χ2n) is 4.21. The highest BCUT2D eigenvalue weighted by Gasteiger charge is 2.08. The summed E-state index contributed by atoms with van der Waals surface area (Å²) in [6.07, 6.45) is 4.49. The average molecular weight is 252 g/mol. The van der Waals surface area contributed by atoms with E-state index in [0.717, 1.165) is 37.3 Å². The number of benzene rings is 1. The molecule has 0 amide bonds. The molecule has 1 heterocycles. The second kappa shape index (κ2) is 4.87. The fraction of sp³-hybridized carbons (Fsp3) is 0.417. The molecule has 4 nitrogen and oxygen atoms in total. The molecule has 5 heteroatoms. The van der Waals surface area contributed by atoms with Crippen LogP contribution in [-0.2, 0) is 9.84 Å². The zero-order valence-corrected chi connectivity index (χ0v) is 10.6. The highest BCUT2D eigenvalue weighted by atomic mass is 32.2. The number of rotatable bonds is 2. The molecule has 1 aromatic carbocycles. The van der Waals surface area contributed by atoms with Gasteiger partial charge in [-0.1, -0.05) is 0 Å². The Hall–Kier alpha value is -1.36. The fourth-order valence-electron chi connectivity index (χ4n) is 1.75.